The van der Waals surface area contributed by atoms with E-state index in [0.717, 1.165) is 30.0 Å². The molecule has 0 aliphatic carbocycles. The predicted molar refractivity (Wildman–Crippen MR) is 61.6 cm³/mol. The highest BCUT2D eigenvalue weighted by atomic mass is 14.9. The number of nitrogens with one attached hydrogen (secondary N) is 2. The summed E-state index contributed by atoms with van der Waals surface area (Å²) >= 11 is 0. The minimum Gasteiger partial charge on any atom is -0.399 e. The molecule has 0 amide bonds. The van der Waals surface area contributed by atoms with E-state index in [2.05, 4.69) is 15.3 Å². The van der Waals surface area contributed by atoms with E-state index in [1.807, 2.05) is 30.5 Å². The first-order valence-electron chi connectivity index (χ1n) is 4.91. The summed E-state index contributed by atoms with van der Waals surface area (Å²) in [6, 6.07) is 7.74. The molecule has 0 atom stereocenters. The number of H-pyrrole nitrogens is 1. The second-order valence-electron chi connectivity index (χ2n) is 3.38. The summed E-state index contributed by atoms with van der Waals surface area (Å²) in [5, 5.41) is 3.30. The van der Waals surface area contributed by atoms with Gasteiger partial charge in [0.2, 0.25) is 0 Å². The molecule has 1 aromatic carbocycles. The molecule has 0 radical (unpaired) electrons. The first-order valence-corrected chi connectivity index (χ1v) is 4.91. The number of hydrogen-bond acceptors (Lipinski definition) is 3. The van der Waals surface area contributed by atoms with Crippen LogP contribution < -0.4 is 11.1 Å². The maximum absolute atomic E-state index is 5.67. The molecule has 2 aromatic rings. The van der Waals surface area contributed by atoms with Crippen LogP contribution in [0.4, 0.5) is 11.4 Å². The first-order chi connectivity index (χ1) is 7.34. The fraction of sp³-hybridized carbons (Fsp3) is 0.182. The Morgan fingerprint density at radius 1 is 1.40 bits per heavy atom. The van der Waals surface area contributed by atoms with Gasteiger partial charge in [-0.3, -0.25) is 0 Å². The van der Waals surface area contributed by atoms with Crippen molar-refractivity contribution in [1.29, 1.82) is 0 Å². The molecule has 78 valence electrons. The van der Waals surface area contributed by atoms with E-state index in [1.165, 1.54) is 0 Å². The van der Waals surface area contributed by atoms with Crippen LogP contribution >= 0.6 is 0 Å². The second-order valence-corrected chi connectivity index (χ2v) is 3.38. The van der Waals surface area contributed by atoms with Gasteiger partial charge in [0.05, 0.1) is 6.33 Å². The summed E-state index contributed by atoms with van der Waals surface area (Å²) in [6.45, 7) is 0.867. The molecule has 2 rings (SSSR count). The van der Waals surface area contributed by atoms with Gasteiger partial charge in [0.25, 0.3) is 0 Å². The number of hydrogen-bond donors (Lipinski definition) is 3. The fourth-order valence-electron chi connectivity index (χ4n) is 1.41. The number of rotatable bonds is 4. The van der Waals surface area contributed by atoms with Crippen LogP contribution in [0, 0.1) is 0 Å². The van der Waals surface area contributed by atoms with E-state index >= 15 is 0 Å². The van der Waals surface area contributed by atoms with Crippen LogP contribution in [0.25, 0.3) is 0 Å². The molecule has 4 heteroatoms. The Hall–Kier alpha value is -1.97. The van der Waals surface area contributed by atoms with Crippen molar-refractivity contribution in [2.45, 2.75) is 6.42 Å². The molecular formula is C11H14N4. The van der Waals surface area contributed by atoms with Crippen molar-refractivity contribution in [2.24, 2.45) is 0 Å². The Morgan fingerprint density at radius 2 is 2.33 bits per heavy atom. The van der Waals surface area contributed by atoms with Gasteiger partial charge in [-0.2, -0.15) is 0 Å². The monoisotopic (exact) mass is 202 g/mol. The zero-order valence-electron chi connectivity index (χ0n) is 8.40. The van der Waals surface area contributed by atoms with Gasteiger partial charge in [0.1, 0.15) is 0 Å². The molecule has 0 unspecified atom stereocenters. The van der Waals surface area contributed by atoms with Crippen LogP contribution in [0.5, 0.6) is 0 Å². The van der Waals surface area contributed by atoms with Crippen molar-refractivity contribution < 1.29 is 0 Å². The summed E-state index contributed by atoms with van der Waals surface area (Å²) in [5.41, 5.74) is 8.63. The lowest BCUT2D eigenvalue weighted by Gasteiger charge is -2.05. The lowest BCUT2D eigenvalue weighted by molar-refractivity contribution is 0.977. The van der Waals surface area contributed by atoms with E-state index < -0.39 is 0 Å². The van der Waals surface area contributed by atoms with Crippen LogP contribution in [0.1, 0.15) is 5.69 Å². The minimum atomic E-state index is 0.779. The molecule has 0 aliphatic rings. The van der Waals surface area contributed by atoms with Gasteiger partial charge >= 0.3 is 0 Å². The summed E-state index contributed by atoms with van der Waals surface area (Å²) in [4.78, 5) is 7.02. The standard InChI is InChI=1S/C11H14N4/c12-9-2-1-3-10(6-9)14-5-4-11-7-13-8-15-11/h1-3,6-8,14H,4-5,12H2,(H,13,15). The molecule has 0 saturated heterocycles. The molecule has 0 fully saturated rings. The number of nitrogens with two attached hydrogens (primary N) is 1. The number of aromatic amines is 1. The molecule has 0 aliphatic heterocycles. The molecule has 0 bridgehead atoms. The lowest BCUT2D eigenvalue weighted by Crippen LogP contribution is -2.05. The second kappa shape index (κ2) is 4.50. The molecule has 0 saturated carbocycles. The Balaban J connectivity index is 1.83. The van der Waals surface area contributed by atoms with E-state index in [1.54, 1.807) is 6.33 Å². The van der Waals surface area contributed by atoms with Crippen molar-refractivity contribution in [3.05, 3.63) is 42.5 Å². The topological polar surface area (TPSA) is 66.7 Å². The van der Waals surface area contributed by atoms with Crippen LogP contribution in [-0.4, -0.2) is 16.5 Å². The number of anilines is 2. The van der Waals surface area contributed by atoms with Crippen LogP contribution in [-0.2, 0) is 6.42 Å². The Bertz CT molecular complexity index is 408. The summed E-state index contributed by atoms with van der Waals surface area (Å²) < 4.78 is 0. The SMILES string of the molecule is Nc1cccc(NCCc2cnc[nH]2)c1. The number of nitrogen functional groups attached to an aromatic ring is 1. The highest BCUT2D eigenvalue weighted by Gasteiger charge is 1.94. The molecule has 1 heterocycles. The van der Waals surface area contributed by atoms with Gasteiger partial charge in [0, 0.05) is 36.2 Å². The predicted octanol–water partition coefficient (Wildman–Crippen LogP) is 1.65. The van der Waals surface area contributed by atoms with Gasteiger partial charge in [-0.15, -0.1) is 0 Å². The molecule has 4 N–H and O–H groups in total. The zero-order valence-corrected chi connectivity index (χ0v) is 8.40. The largest absolute Gasteiger partial charge is 0.399 e. The highest BCUT2D eigenvalue weighted by molar-refractivity contribution is 5.54. The van der Waals surface area contributed by atoms with Crippen molar-refractivity contribution >= 4 is 11.4 Å². The molecule has 0 spiro atoms. The van der Waals surface area contributed by atoms with E-state index in [0.29, 0.717) is 0 Å². The number of benzene rings is 1. The van der Waals surface area contributed by atoms with Crippen molar-refractivity contribution in [1.82, 2.24) is 9.97 Å². The zero-order chi connectivity index (χ0) is 10.5. The summed E-state index contributed by atoms with van der Waals surface area (Å²) in [5.74, 6) is 0. The van der Waals surface area contributed by atoms with Gasteiger partial charge in [-0.25, -0.2) is 4.98 Å². The number of aromatic nitrogens is 2. The first kappa shape index (κ1) is 9.58. The van der Waals surface area contributed by atoms with E-state index in [-0.39, 0.29) is 0 Å². The maximum atomic E-state index is 5.67. The summed E-state index contributed by atoms with van der Waals surface area (Å²) in [7, 11) is 0. The van der Waals surface area contributed by atoms with E-state index in [9.17, 15) is 0 Å². The van der Waals surface area contributed by atoms with Crippen LogP contribution in [0.15, 0.2) is 36.8 Å². The third kappa shape index (κ3) is 2.74. The fourth-order valence-corrected chi connectivity index (χ4v) is 1.41. The lowest BCUT2D eigenvalue weighted by atomic mass is 10.2. The molecular weight excluding hydrogens is 188 g/mol. The van der Waals surface area contributed by atoms with Gasteiger partial charge < -0.3 is 16.0 Å². The highest BCUT2D eigenvalue weighted by Crippen LogP contribution is 2.11. The van der Waals surface area contributed by atoms with Gasteiger partial charge in [0.15, 0.2) is 0 Å². The van der Waals surface area contributed by atoms with Gasteiger partial charge in [-0.05, 0) is 18.2 Å². The third-order valence-electron chi connectivity index (χ3n) is 2.16. The van der Waals surface area contributed by atoms with Crippen LogP contribution in [0.3, 0.4) is 0 Å². The Morgan fingerprint density at radius 3 is 3.07 bits per heavy atom. The molecule has 15 heavy (non-hydrogen) atoms. The number of imidazole rings is 1. The number of nitrogens with zero attached hydrogens (tertiary/aromatic N) is 1. The molecule has 4 nitrogen and oxygen atoms in total. The molecule has 1 aromatic heterocycles. The van der Waals surface area contributed by atoms with Crippen molar-refractivity contribution in [3.8, 4) is 0 Å². The minimum absolute atomic E-state index is 0.779. The quantitative estimate of drug-likeness (QED) is 0.660. The van der Waals surface area contributed by atoms with Crippen molar-refractivity contribution in [3.63, 3.8) is 0 Å². The van der Waals surface area contributed by atoms with Gasteiger partial charge in [-0.1, -0.05) is 6.07 Å². The normalized spacial score (nSPS) is 10.1. The average molecular weight is 202 g/mol. The average Bonchev–Trinajstić information content (AvgIpc) is 2.71. The van der Waals surface area contributed by atoms with Crippen LogP contribution in [0.2, 0.25) is 0 Å². The third-order valence-corrected chi connectivity index (χ3v) is 2.16. The van der Waals surface area contributed by atoms with Crippen molar-refractivity contribution in [2.75, 3.05) is 17.6 Å². The van der Waals surface area contributed by atoms with E-state index in [4.69, 9.17) is 5.73 Å². The Kier molecular flexibility index (Phi) is 2.88. The Labute approximate surface area is 88.5 Å². The maximum Gasteiger partial charge on any atom is 0.0921 e. The smallest absolute Gasteiger partial charge is 0.0921 e. The summed E-state index contributed by atoms with van der Waals surface area (Å²) in [6.07, 6.45) is 4.45.